The van der Waals surface area contributed by atoms with Crippen molar-refractivity contribution in [3.63, 3.8) is 0 Å². The smallest absolute Gasteiger partial charge is 0.134 e. The molecule has 0 bridgehead atoms. The van der Waals surface area contributed by atoms with Crippen LogP contribution in [0.2, 0.25) is 0 Å². The van der Waals surface area contributed by atoms with Crippen LogP contribution < -0.4 is 5.73 Å². The van der Waals surface area contributed by atoms with E-state index in [9.17, 15) is 0 Å². The molecule has 2 aliphatic rings. The van der Waals surface area contributed by atoms with E-state index < -0.39 is 0 Å². The van der Waals surface area contributed by atoms with Crippen molar-refractivity contribution in [3.8, 4) is 0 Å². The third-order valence-corrected chi connectivity index (χ3v) is 3.37. The van der Waals surface area contributed by atoms with Gasteiger partial charge in [-0.15, -0.1) is 0 Å². The average Bonchev–Trinajstić information content (AvgIpc) is 3.13. The molecule has 2 heterocycles. The molecule has 4 heteroatoms. The second-order valence-electron chi connectivity index (χ2n) is 4.74. The Morgan fingerprint density at radius 1 is 1.06 bits per heavy atom. The number of hydrogen-bond donors (Lipinski definition) is 1. The van der Waals surface area contributed by atoms with Crippen molar-refractivity contribution in [3.05, 3.63) is 17.6 Å². The molecule has 2 N–H and O–H groups in total. The second kappa shape index (κ2) is 4.01. The molecule has 2 fully saturated rings. The number of hydrogen-bond acceptors (Lipinski definition) is 4. The van der Waals surface area contributed by atoms with Crippen LogP contribution in [0.5, 0.6) is 0 Å². The largest absolute Gasteiger partial charge is 0.384 e. The zero-order valence-electron chi connectivity index (χ0n) is 9.35. The molecule has 4 nitrogen and oxygen atoms in total. The first kappa shape index (κ1) is 10.0. The van der Waals surface area contributed by atoms with Gasteiger partial charge in [0.1, 0.15) is 11.6 Å². The Bertz CT molecular complexity index is 384. The van der Waals surface area contributed by atoms with Gasteiger partial charge >= 0.3 is 0 Å². The number of nitrogen functional groups attached to an aromatic ring is 1. The molecule has 1 saturated carbocycles. The van der Waals surface area contributed by atoms with E-state index in [4.69, 9.17) is 10.5 Å². The van der Waals surface area contributed by atoms with Crippen LogP contribution in [0.4, 0.5) is 5.82 Å². The zero-order valence-corrected chi connectivity index (χ0v) is 9.35. The first-order chi connectivity index (χ1) is 7.83. The molecule has 1 aromatic rings. The normalized spacial score (nSPS) is 22.2. The molecule has 0 radical (unpaired) electrons. The molecule has 1 aromatic heterocycles. The Hall–Kier alpha value is -1.16. The maximum atomic E-state index is 5.85. The van der Waals surface area contributed by atoms with Gasteiger partial charge in [0.05, 0.1) is 0 Å². The summed E-state index contributed by atoms with van der Waals surface area (Å²) in [5.74, 6) is 2.67. The summed E-state index contributed by atoms with van der Waals surface area (Å²) >= 11 is 0. The molecular formula is C12H17N3O. The number of nitrogens with zero attached hydrogens (tertiary/aromatic N) is 2. The standard InChI is InChI=1S/C12H17N3O/c13-11-7-10(8-3-5-16-6-4-8)14-12(15-11)9-1-2-9/h7-9H,1-6H2,(H2,13,14,15). The summed E-state index contributed by atoms with van der Waals surface area (Å²) in [7, 11) is 0. The summed E-state index contributed by atoms with van der Waals surface area (Å²) in [5.41, 5.74) is 6.97. The predicted molar refractivity (Wildman–Crippen MR) is 61.2 cm³/mol. The van der Waals surface area contributed by atoms with Crippen molar-refractivity contribution >= 4 is 5.82 Å². The first-order valence-electron chi connectivity index (χ1n) is 6.05. The van der Waals surface area contributed by atoms with Crippen LogP contribution in [0.25, 0.3) is 0 Å². The van der Waals surface area contributed by atoms with E-state index in [0.29, 0.717) is 17.7 Å². The molecule has 1 aliphatic heterocycles. The van der Waals surface area contributed by atoms with Gasteiger partial charge in [-0.1, -0.05) is 0 Å². The van der Waals surface area contributed by atoms with Crippen molar-refractivity contribution in [2.75, 3.05) is 18.9 Å². The fourth-order valence-electron chi connectivity index (χ4n) is 2.23. The Morgan fingerprint density at radius 3 is 2.50 bits per heavy atom. The number of nitrogens with two attached hydrogens (primary N) is 1. The minimum absolute atomic E-state index is 0.511. The molecular weight excluding hydrogens is 202 g/mol. The van der Waals surface area contributed by atoms with Gasteiger partial charge in [-0.25, -0.2) is 9.97 Å². The summed E-state index contributed by atoms with van der Waals surface area (Å²) in [6.07, 6.45) is 4.55. The Morgan fingerprint density at radius 2 is 1.81 bits per heavy atom. The Labute approximate surface area is 95.2 Å². The van der Waals surface area contributed by atoms with Crippen LogP contribution in [0.3, 0.4) is 0 Å². The van der Waals surface area contributed by atoms with E-state index >= 15 is 0 Å². The summed E-state index contributed by atoms with van der Waals surface area (Å²) in [6.45, 7) is 1.68. The maximum Gasteiger partial charge on any atom is 0.134 e. The SMILES string of the molecule is Nc1cc(C2CCOCC2)nc(C2CC2)n1. The van der Waals surface area contributed by atoms with Crippen LogP contribution >= 0.6 is 0 Å². The summed E-state index contributed by atoms with van der Waals surface area (Å²) < 4.78 is 5.37. The Balaban J connectivity index is 1.86. The van der Waals surface area contributed by atoms with Crippen molar-refractivity contribution in [1.29, 1.82) is 0 Å². The van der Waals surface area contributed by atoms with Crippen LogP contribution in [0.1, 0.15) is 49.0 Å². The third-order valence-electron chi connectivity index (χ3n) is 3.37. The molecule has 0 amide bonds. The number of aromatic nitrogens is 2. The predicted octanol–water partition coefficient (Wildman–Crippen LogP) is 1.83. The van der Waals surface area contributed by atoms with Crippen LogP contribution in [-0.4, -0.2) is 23.2 Å². The highest BCUT2D eigenvalue weighted by molar-refractivity contribution is 5.33. The van der Waals surface area contributed by atoms with E-state index in [0.717, 1.165) is 37.6 Å². The molecule has 3 rings (SSSR count). The van der Waals surface area contributed by atoms with Gasteiger partial charge in [-0.3, -0.25) is 0 Å². The molecule has 1 aliphatic carbocycles. The molecule has 0 aromatic carbocycles. The highest BCUT2D eigenvalue weighted by atomic mass is 16.5. The van der Waals surface area contributed by atoms with Crippen molar-refractivity contribution in [1.82, 2.24) is 9.97 Å². The van der Waals surface area contributed by atoms with E-state index in [1.807, 2.05) is 6.07 Å². The lowest BCUT2D eigenvalue weighted by Gasteiger charge is -2.21. The number of anilines is 1. The quantitative estimate of drug-likeness (QED) is 0.824. The van der Waals surface area contributed by atoms with E-state index in [2.05, 4.69) is 9.97 Å². The molecule has 86 valence electrons. The topological polar surface area (TPSA) is 61.0 Å². The van der Waals surface area contributed by atoms with E-state index in [-0.39, 0.29) is 0 Å². The van der Waals surface area contributed by atoms with E-state index in [1.54, 1.807) is 0 Å². The fraction of sp³-hybridized carbons (Fsp3) is 0.667. The minimum atomic E-state index is 0.511. The monoisotopic (exact) mass is 219 g/mol. The van der Waals surface area contributed by atoms with Crippen LogP contribution in [0, 0.1) is 0 Å². The number of rotatable bonds is 2. The maximum absolute atomic E-state index is 5.85. The van der Waals surface area contributed by atoms with Gasteiger partial charge in [0, 0.05) is 36.8 Å². The average molecular weight is 219 g/mol. The van der Waals surface area contributed by atoms with Gasteiger partial charge in [0.25, 0.3) is 0 Å². The second-order valence-corrected chi connectivity index (χ2v) is 4.74. The summed E-state index contributed by atoms with van der Waals surface area (Å²) in [4.78, 5) is 9.00. The van der Waals surface area contributed by atoms with Gasteiger partial charge in [0.2, 0.25) is 0 Å². The lowest BCUT2D eigenvalue weighted by atomic mass is 9.96. The van der Waals surface area contributed by atoms with Gasteiger partial charge < -0.3 is 10.5 Å². The van der Waals surface area contributed by atoms with E-state index in [1.165, 1.54) is 12.8 Å². The van der Waals surface area contributed by atoms with Gasteiger partial charge in [-0.2, -0.15) is 0 Å². The van der Waals surface area contributed by atoms with Crippen molar-refractivity contribution in [2.24, 2.45) is 0 Å². The first-order valence-corrected chi connectivity index (χ1v) is 6.05. The molecule has 0 unspecified atom stereocenters. The highest BCUT2D eigenvalue weighted by Crippen LogP contribution is 2.39. The number of ether oxygens (including phenoxy) is 1. The van der Waals surface area contributed by atoms with Crippen molar-refractivity contribution in [2.45, 2.75) is 37.5 Å². The zero-order chi connectivity index (χ0) is 11.0. The van der Waals surface area contributed by atoms with Crippen molar-refractivity contribution < 1.29 is 4.74 Å². The molecule has 0 spiro atoms. The van der Waals surface area contributed by atoms with Gasteiger partial charge in [0.15, 0.2) is 0 Å². The van der Waals surface area contributed by atoms with Crippen LogP contribution in [0.15, 0.2) is 6.07 Å². The summed E-state index contributed by atoms with van der Waals surface area (Å²) in [6, 6.07) is 1.93. The summed E-state index contributed by atoms with van der Waals surface area (Å²) in [5, 5.41) is 0. The molecule has 0 atom stereocenters. The highest BCUT2D eigenvalue weighted by Gasteiger charge is 2.28. The fourth-order valence-corrected chi connectivity index (χ4v) is 2.23. The lowest BCUT2D eigenvalue weighted by molar-refractivity contribution is 0.0844. The lowest BCUT2D eigenvalue weighted by Crippen LogP contribution is -2.16. The van der Waals surface area contributed by atoms with Gasteiger partial charge in [-0.05, 0) is 25.7 Å². The molecule has 1 saturated heterocycles. The molecule has 16 heavy (non-hydrogen) atoms. The third kappa shape index (κ3) is 2.02. The Kier molecular flexibility index (Phi) is 2.52. The minimum Gasteiger partial charge on any atom is -0.384 e. The van der Waals surface area contributed by atoms with Crippen LogP contribution in [-0.2, 0) is 4.74 Å².